The van der Waals surface area contributed by atoms with Crippen molar-refractivity contribution in [2.45, 2.75) is 76.7 Å². The van der Waals surface area contributed by atoms with Crippen LogP contribution in [-0.4, -0.2) is 34.2 Å². The molecule has 2 atom stereocenters. The quantitative estimate of drug-likeness (QED) is 0.524. The van der Waals surface area contributed by atoms with Crippen molar-refractivity contribution < 1.29 is 4.43 Å². The van der Waals surface area contributed by atoms with Gasteiger partial charge in [0.1, 0.15) is 15.8 Å². The first-order valence-electron chi connectivity index (χ1n) is 8.92. The van der Waals surface area contributed by atoms with E-state index in [1.165, 1.54) is 6.33 Å². The average molecular weight is 473 g/mol. The highest BCUT2D eigenvalue weighted by Crippen LogP contribution is 2.41. The van der Waals surface area contributed by atoms with Gasteiger partial charge in [0.25, 0.3) is 0 Å². The zero-order valence-electron chi connectivity index (χ0n) is 15.7. The molecule has 0 unspecified atom stereocenters. The molecule has 0 bridgehead atoms. The van der Waals surface area contributed by atoms with Crippen LogP contribution in [0.3, 0.4) is 0 Å². The van der Waals surface area contributed by atoms with Gasteiger partial charge in [-0.1, -0.05) is 20.8 Å². The fourth-order valence-corrected chi connectivity index (χ4v) is 5.40. The van der Waals surface area contributed by atoms with E-state index >= 15 is 0 Å². The lowest BCUT2D eigenvalue weighted by atomic mass is 9.93. The second-order valence-corrected chi connectivity index (χ2v) is 14.3. The molecule has 1 fully saturated rings. The van der Waals surface area contributed by atoms with Crippen molar-refractivity contribution in [1.29, 1.82) is 0 Å². The molecule has 0 amide bonds. The second-order valence-electron chi connectivity index (χ2n) is 8.51. The van der Waals surface area contributed by atoms with E-state index in [9.17, 15) is 0 Å². The van der Waals surface area contributed by atoms with Gasteiger partial charge in [0, 0.05) is 6.10 Å². The number of hydrogen-bond acceptors (Lipinski definition) is 5. The molecule has 25 heavy (non-hydrogen) atoms. The molecule has 0 aliphatic heterocycles. The highest BCUT2D eigenvalue weighted by atomic mass is 127. The Labute approximate surface area is 164 Å². The topological polar surface area (TPSA) is 78.9 Å². The van der Waals surface area contributed by atoms with Crippen molar-refractivity contribution in [3.63, 3.8) is 0 Å². The molecule has 0 spiro atoms. The minimum atomic E-state index is -1.76. The Hall–Kier alpha value is -0.743. The Kier molecular flexibility index (Phi) is 5.15. The maximum absolute atomic E-state index is 6.68. The third-order valence-corrected chi connectivity index (χ3v) is 11.0. The summed E-state index contributed by atoms with van der Waals surface area (Å²) in [5.74, 6) is 0.505. The van der Waals surface area contributed by atoms with Crippen molar-refractivity contribution in [2.75, 3.05) is 5.73 Å². The average Bonchev–Trinajstić information content (AvgIpc) is 2.84. The van der Waals surface area contributed by atoms with E-state index < -0.39 is 8.32 Å². The van der Waals surface area contributed by atoms with E-state index in [0.29, 0.717) is 18.0 Å². The summed E-state index contributed by atoms with van der Waals surface area (Å²) in [7, 11) is -1.76. The van der Waals surface area contributed by atoms with Crippen LogP contribution < -0.4 is 5.73 Å². The van der Waals surface area contributed by atoms with Gasteiger partial charge in [-0.05, 0) is 66.4 Å². The van der Waals surface area contributed by atoms with E-state index in [2.05, 4.69) is 71.1 Å². The van der Waals surface area contributed by atoms with E-state index in [1.807, 2.05) is 0 Å². The van der Waals surface area contributed by atoms with Gasteiger partial charge in [-0.2, -0.15) is 5.10 Å². The van der Waals surface area contributed by atoms with Crippen molar-refractivity contribution in [2.24, 2.45) is 0 Å². The number of nitrogen functional groups attached to an aromatic ring is 1. The molecule has 0 radical (unpaired) electrons. The van der Waals surface area contributed by atoms with Crippen LogP contribution >= 0.6 is 22.6 Å². The normalized spacial score (nSPS) is 22.5. The smallest absolute Gasteiger partial charge is 0.192 e. The van der Waals surface area contributed by atoms with E-state index in [4.69, 9.17) is 15.3 Å². The monoisotopic (exact) mass is 473 g/mol. The lowest BCUT2D eigenvalue weighted by Crippen LogP contribution is -2.45. The zero-order chi connectivity index (χ0) is 18.4. The second kappa shape index (κ2) is 6.77. The first-order chi connectivity index (χ1) is 11.6. The molecule has 8 heteroatoms. The molecule has 0 aromatic carbocycles. The van der Waals surface area contributed by atoms with Crippen LogP contribution in [-0.2, 0) is 4.43 Å². The number of hydrogen-bond donors (Lipinski definition) is 1. The minimum absolute atomic E-state index is 0.232. The van der Waals surface area contributed by atoms with Gasteiger partial charge in [-0.25, -0.2) is 14.6 Å². The SMILES string of the molecule is CC(C)(C)[Si](C)(C)O[C@H]1CCC[C@H](n2nc(I)c3c(N)ncnc32)C1. The largest absolute Gasteiger partial charge is 0.414 e. The maximum atomic E-state index is 6.68. The number of anilines is 1. The van der Waals surface area contributed by atoms with Crippen LogP contribution in [0.2, 0.25) is 18.1 Å². The highest BCUT2D eigenvalue weighted by molar-refractivity contribution is 14.1. The van der Waals surface area contributed by atoms with Gasteiger partial charge in [-0.3, -0.25) is 0 Å². The van der Waals surface area contributed by atoms with Crippen LogP contribution in [0.15, 0.2) is 6.33 Å². The van der Waals surface area contributed by atoms with Gasteiger partial charge in [-0.15, -0.1) is 0 Å². The van der Waals surface area contributed by atoms with Crippen LogP contribution in [0.25, 0.3) is 11.0 Å². The first kappa shape index (κ1) is 19.0. The Morgan fingerprint density at radius 1 is 1.28 bits per heavy atom. The Balaban J connectivity index is 1.84. The van der Waals surface area contributed by atoms with Gasteiger partial charge in [0.2, 0.25) is 0 Å². The van der Waals surface area contributed by atoms with Gasteiger partial charge in [0.15, 0.2) is 14.0 Å². The number of halogens is 1. The first-order valence-corrected chi connectivity index (χ1v) is 12.9. The molecule has 1 aliphatic carbocycles. The van der Waals surface area contributed by atoms with Gasteiger partial charge in [0.05, 0.1) is 11.4 Å². The summed E-state index contributed by atoms with van der Waals surface area (Å²) in [5, 5.41) is 5.83. The van der Waals surface area contributed by atoms with Crippen LogP contribution in [0.4, 0.5) is 5.82 Å². The molecule has 2 aromatic rings. The van der Waals surface area contributed by atoms with Crippen LogP contribution in [0, 0.1) is 3.70 Å². The number of nitrogens with zero attached hydrogens (tertiary/aromatic N) is 4. The van der Waals surface area contributed by atoms with E-state index in [1.54, 1.807) is 0 Å². The third kappa shape index (κ3) is 3.71. The molecule has 1 aliphatic rings. The Bertz CT molecular complexity index is 770. The lowest BCUT2D eigenvalue weighted by molar-refractivity contribution is 0.109. The summed E-state index contributed by atoms with van der Waals surface area (Å²) >= 11 is 2.22. The summed E-state index contributed by atoms with van der Waals surface area (Å²) in [6.45, 7) is 11.5. The van der Waals surface area contributed by atoms with Crippen molar-refractivity contribution in [3.05, 3.63) is 10.0 Å². The van der Waals surface area contributed by atoms with Crippen LogP contribution in [0.1, 0.15) is 52.5 Å². The summed E-state index contributed by atoms with van der Waals surface area (Å²) in [6.07, 6.45) is 6.21. The number of nitrogens with two attached hydrogens (primary N) is 1. The third-order valence-electron chi connectivity index (χ3n) is 5.69. The molecule has 0 saturated heterocycles. The number of rotatable bonds is 3. The highest BCUT2D eigenvalue weighted by Gasteiger charge is 2.40. The van der Waals surface area contributed by atoms with Crippen molar-refractivity contribution in [1.82, 2.24) is 19.7 Å². The molecule has 6 nitrogen and oxygen atoms in total. The summed E-state index contributed by atoms with van der Waals surface area (Å²) in [6, 6.07) is 0.309. The van der Waals surface area contributed by atoms with Gasteiger partial charge < -0.3 is 10.2 Å². The molecule has 1 saturated carbocycles. The molecule has 2 heterocycles. The van der Waals surface area contributed by atoms with E-state index in [0.717, 1.165) is 40.4 Å². The maximum Gasteiger partial charge on any atom is 0.192 e. The van der Waals surface area contributed by atoms with Crippen LogP contribution in [0.5, 0.6) is 0 Å². The Morgan fingerprint density at radius 3 is 2.68 bits per heavy atom. The lowest BCUT2D eigenvalue weighted by Gasteiger charge is -2.41. The summed E-state index contributed by atoms with van der Waals surface area (Å²) in [4.78, 5) is 8.56. The molecule has 2 N–H and O–H groups in total. The molecule has 138 valence electrons. The predicted molar refractivity (Wildman–Crippen MR) is 112 cm³/mol. The Morgan fingerprint density at radius 2 is 2.00 bits per heavy atom. The fourth-order valence-electron chi connectivity index (χ4n) is 3.25. The molecule has 3 rings (SSSR count). The molecular formula is C17H28IN5OSi. The molecule has 2 aromatic heterocycles. The molecular weight excluding hydrogens is 445 g/mol. The summed E-state index contributed by atoms with van der Waals surface area (Å²) in [5.41, 5.74) is 6.87. The fraction of sp³-hybridized carbons (Fsp3) is 0.706. The van der Waals surface area contributed by atoms with Crippen molar-refractivity contribution >= 4 is 47.8 Å². The minimum Gasteiger partial charge on any atom is -0.414 e. The standard InChI is InChI=1S/C17H28IN5OSi/c1-17(2,3)25(4,5)24-12-8-6-7-11(9-12)23-16-13(14(18)22-23)15(19)20-10-21-16/h10-12H,6-9H2,1-5H3,(H2,19,20,21)/t11-,12-/m0/s1. The van der Waals surface area contributed by atoms with Crippen molar-refractivity contribution in [3.8, 4) is 0 Å². The van der Waals surface area contributed by atoms with Gasteiger partial charge >= 0.3 is 0 Å². The number of fused-ring (bicyclic) bond motifs is 1. The summed E-state index contributed by atoms with van der Waals surface area (Å²) < 4.78 is 9.60. The predicted octanol–water partition coefficient (Wildman–Crippen LogP) is 4.52. The zero-order valence-corrected chi connectivity index (χ0v) is 18.9. The number of aromatic nitrogens is 4. The van der Waals surface area contributed by atoms with E-state index in [-0.39, 0.29) is 5.04 Å².